The molecular weight excluding hydrogens is 377 g/mol. The van der Waals surface area contributed by atoms with Crippen molar-refractivity contribution in [1.29, 1.82) is 0 Å². The van der Waals surface area contributed by atoms with Crippen molar-refractivity contribution < 1.29 is 14.1 Å². The van der Waals surface area contributed by atoms with Crippen LogP contribution < -0.4 is 0 Å². The van der Waals surface area contributed by atoms with Crippen molar-refractivity contribution >= 4 is 23.2 Å². The van der Waals surface area contributed by atoms with Crippen LogP contribution in [0.15, 0.2) is 18.2 Å². The number of carbonyl (C=O) groups excluding carboxylic acids is 1. The van der Waals surface area contributed by atoms with E-state index < -0.39 is 10.8 Å². The zero-order valence-corrected chi connectivity index (χ0v) is 15.7. The Hall–Kier alpha value is -2.52. The standard InChI is InChI=1S/C17H19ClFN5O3/c1-11-15(24(26)27)16(21(2)20-11)17(25)23-7-5-22(6-8-23)10-12-3-4-13(19)9-14(12)18/h3-4,9H,5-8,10H2,1-2H3. The summed E-state index contributed by atoms with van der Waals surface area (Å²) in [6.45, 7) is 4.09. The van der Waals surface area contributed by atoms with E-state index in [-0.39, 0.29) is 22.9 Å². The summed E-state index contributed by atoms with van der Waals surface area (Å²) in [5.41, 5.74) is 0.779. The Morgan fingerprint density at radius 3 is 2.59 bits per heavy atom. The van der Waals surface area contributed by atoms with E-state index in [1.807, 2.05) is 0 Å². The van der Waals surface area contributed by atoms with Gasteiger partial charge < -0.3 is 4.90 Å². The van der Waals surface area contributed by atoms with Gasteiger partial charge in [-0.2, -0.15) is 5.10 Å². The Morgan fingerprint density at radius 2 is 2.00 bits per heavy atom. The van der Waals surface area contributed by atoms with Crippen molar-refractivity contribution in [3.8, 4) is 0 Å². The van der Waals surface area contributed by atoms with Gasteiger partial charge in [0.1, 0.15) is 11.5 Å². The number of nitro groups is 1. The summed E-state index contributed by atoms with van der Waals surface area (Å²) in [6, 6.07) is 4.29. The van der Waals surface area contributed by atoms with E-state index >= 15 is 0 Å². The molecule has 8 nitrogen and oxygen atoms in total. The highest BCUT2D eigenvalue weighted by Crippen LogP contribution is 2.25. The Labute approximate surface area is 160 Å². The molecule has 0 radical (unpaired) electrons. The molecule has 3 rings (SSSR count). The number of nitrogens with zero attached hydrogens (tertiary/aromatic N) is 5. The molecule has 0 saturated carbocycles. The fraction of sp³-hybridized carbons (Fsp3) is 0.412. The van der Waals surface area contributed by atoms with Gasteiger partial charge in [-0.25, -0.2) is 4.39 Å². The lowest BCUT2D eigenvalue weighted by Crippen LogP contribution is -2.48. The van der Waals surface area contributed by atoms with E-state index in [2.05, 4.69) is 10.00 Å². The van der Waals surface area contributed by atoms with E-state index in [9.17, 15) is 19.3 Å². The van der Waals surface area contributed by atoms with Gasteiger partial charge >= 0.3 is 5.69 Å². The zero-order chi connectivity index (χ0) is 19.7. The van der Waals surface area contributed by atoms with Crippen LogP contribution in [0.5, 0.6) is 0 Å². The molecule has 1 amide bonds. The van der Waals surface area contributed by atoms with Gasteiger partial charge in [0.05, 0.1) is 4.92 Å². The quantitative estimate of drug-likeness (QED) is 0.586. The minimum atomic E-state index is -0.567. The average molecular weight is 396 g/mol. The molecule has 27 heavy (non-hydrogen) atoms. The summed E-state index contributed by atoms with van der Waals surface area (Å²) in [7, 11) is 1.53. The van der Waals surface area contributed by atoms with Crippen LogP contribution in [-0.2, 0) is 13.6 Å². The largest absolute Gasteiger partial charge is 0.335 e. The highest BCUT2D eigenvalue weighted by Gasteiger charge is 2.33. The third-order valence-corrected chi connectivity index (χ3v) is 5.00. The maximum atomic E-state index is 13.2. The number of hydrogen-bond donors (Lipinski definition) is 0. The average Bonchev–Trinajstić information content (AvgIpc) is 2.91. The zero-order valence-electron chi connectivity index (χ0n) is 15.0. The molecular formula is C17H19ClFN5O3. The van der Waals surface area contributed by atoms with Crippen LogP contribution in [0.2, 0.25) is 5.02 Å². The topological polar surface area (TPSA) is 84.5 Å². The van der Waals surface area contributed by atoms with Crippen LogP contribution in [-0.4, -0.2) is 56.6 Å². The fourth-order valence-electron chi connectivity index (χ4n) is 3.25. The Bertz CT molecular complexity index is 893. The summed E-state index contributed by atoms with van der Waals surface area (Å²) in [6.07, 6.45) is 0. The minimum Gasteiger partial charge on any atom is -0.335 e. The van der Waals surface area contributed by atoms with Gasteiger partial charge in [-0.1, -0.05) is 17.7 Å². The van der Waals surface area contributed by atoms with Crippen LogP contribution in [0, 0.1) is 22.9 Å². The first-order chi connectivity index (χ1) is 12.8. The monoisotopic (exact) mass is 395 g/mol. The van der Waals surface area contributed by atoms with Crippen molar-refractivity contribution in [3.05, 3.63) is 56.1 Å². The second-order valence-corrected chi connectivity index (χ2v) is 6.87. The maximum absolute atomic E-state index is 13.2. The third kappa shape index (κ3) is 3.93. The highest BCUT2D eigenvalue weighted by atomic mass is 35.5. The van der Waals surface area contributed by atoms with E-state index in [1.165, 1.54) is 30.8 Å². The van der Waals surface area contributed by atoms with Crippen molar-refractivity contribution in [2.45, 2.75) is 13.5 Å². The van der Waals surface area contributed by atoms with Gasteiger partial charge in [-0.15, -0.1) is 0 Å². The summed E-state index contributed by atoms with van der Waals surface area (Å²) in [5, 5.41) is 15.7. The number of piperazine rings is 1. The van der Waals surface area contributed by atoms with Gasteiger partial charge in [0.2, 0.25) is 5.69 Å². The molecule has 0 spiro atoms. The first-order valence-electron chi connectivity index (χ1n) is 8.41. The summed E-state index contributed by atoms with van der Waals surface area (Å²) in [4.78, 5) is 27.2. The molecule has 10 heteroatoms. The van der Waals surface area contributed by atoms with Gasteiger partial charge in [0.25, 0.3) is 5.91 Å². The van der Waals surface area contributed by atoms with Gasteiger partial charge in [-0.05, 0) is 24.6 Å². The summed E-state index contributed by atoms with van der Waals surface area (Å²) >= 11 is 6.07. The molecule has 0 atom stereocenters. The summed E-state index contributed by atoms with van der Waals surface area (Å²) < 4.78 is 14.4. The van der Waals surface area contributed by atoms with E-state index in [0.29, 0.717) is 37.7 Å². The van der Waals surface area contributed by atoms with Crippen LogP contribution in [0.25, 0.3) is 0 Å². The third-order valence-electron chi connectivity index (χ3n) is 4.64. The number of hydrogen-bond acceptors (Lipinski definition) is 5. The van der Waals surface area contributed by atoms with Gasteiger partial charge in [0.15, 0.2) is 0 Å². The molecule has 1 aliphatic rings. The lowest BCUT2D eigenvalue weighted by Gasteiger charge is -2.34. The van der Waals surface area contributed by atoms with Crippen LogP contribution in [0.4, 0.5) is 10.1 Å². The molecule has 1 aromatic heterocycles. The molecule has 0 aliphatic carbocycles. The summed E-state index contributed by atoms with van der Waals surface area (Å²) in [5.74, 6) is -0.781. The Morgan fingerprint density at radius 1 is 1.33 bits per heavy atom. The number of amides is 1. The van der Waals surface area contributed by atoms with Crippen LogP contribution >= 0.6 is 11.6 Å². The fourth-order valence-corrected chi connectivity index (χ4v) is 3.48. The SMILES string of the molecule is Cc1nn(C)c(C(=O)N2CCN(Cc3ccc(F)cc3Cl)CC2)c1[N+](=O)[O-]. The molecule has 2 heterocycles. The van der Waals surface area contributed by atoms with Crippen molar-refractivity contribution in [2.75, 3.05) is 26.2 Å². The molecule has 2 aromatic rings. The molecule has 0 N–H and O–H groups in total. The van der Waals surface area contributed by atoms with E-state index in [1.54, 1.807) is 11.0 Å². The Balaban J connectivity index is 1.67. The number of aryl methyl sites for hydroxylation is 2. The maximum Gasteiger partial charge on any atom is 0.322 e. The number of carbonyl (C=O) groups is 1. The lowest BCUT2D eigenvalue weighted by molar-refractivity contribution is -0.385. The lowest BCUT2D eigenvalue weighted by atomic mass is 10.2. The normalized spacial score (nSPS) is 15.2. The predicted molar refractivity (Wildman–Crippen MR) is 97.2 cm³/mol. The molecule has 1 saturated heterocycles. The number of aromatic nitrogens is 2. The van der Waals surface area contributed by atoms with Crippen molar-refractivity contribution in [3.63, 3.8) is 0 Å². The molecule has 1 fully saturated rings. The first kappa shape index (κ1) is 19.2. The first-order valence-corrected chi connectivity index (χ1v) is 8.79. The minimum absolute atomic E-state index is 0.00692. The molecule has 0 bridgehead atoms. The molecule has 1 aliphatic heterocycles. The van der Waals surface area contributed by atoms with Crippen LogP contribution in [0.1, 0.15) is 21.7 Å². The van der Waals surface area contributed by atoms with Gasteiger partial charge in [-0.3, -0.25) is 24.5 Å². The number of halogens is 2. The second-order valence-electron chi connectivity index (χ2n) is 6.47. The van der Waals surface area contributed by atoms with Crippen molar-refractivity contribution in [1.82, 2.24) is 19.6 Å². The van der Waals surface area contributed by atoms with Crippen molar-refractivity contribution in [2.24, 2.45) is 7.05 Å². The highest BCUT2D eigenvalue weighted by molar-refractivity contribution is 6.31. The molecule has 0 unspecified atom stereocenters. The van der Waals surface area contributed by atoms with Crippen LogP contribution in [0.3, 0.4) is 0 Å². The Kier molecular flexibility index (Phi) is 5.43. The second kappa shape index (κ2) is 7.61. The van der Waals surface area contributed by atoms with E-state index in [4.69, 9.17) is 11.6 Å². The van der Waals surface area contributed by atoms with Gasteiger partial charge in [0, 0.05) is 44.8 Å². The molecule has 144 valence electrons. The smallest absolute Gasteiger partial charge is 0.322 e. The van der Waals surface area contributed by atoms with E-state index in [0.717, 1.165) is 5.56 Å². The molecule has 1 aromatic carbocycles. The predicted octanol–water partition coefficient (Wildman–Crippen LogP) is 2.39. The number of rotatable bonds is 4. The number of benzene rings is 1.